The number of aryl methyl sites for hydroxylation is 1. The summed E-state index contributed by atoms with van der Waals surface area (Å²) in [6.45, 7) is 3.96. The number of nitrogens with two attached hydrogens (primary N) is 1. The van der Waals surface area contributed by atoms with E-state index in [-0.39, 0.29) is 30.1 Å². The zero-order valence-electron chi connectivity index (χ0n) is 14.9. The smallest absolute Gasteiger partial charge is 0.213 e. The number of aliphatic imine (C=N–C) groups is 1. The van der Waals surface area contributed by atoms with Crippen molar-refractivity contribution in [2.75, 3.05) is 18.5 Å². The summed E-state index contributed by atoms with van der Waals surface area (Å²) in [5, 5.41) is 3.10. The minimum absolute atomic E-state index is 0. The van der Waals surface area contributed by atoms with Crippen molar-refractivity contribution < 1.29 is 9.47 Å². The zero-order valence-corrected chi connectivity index (χ0v) is 17.2. The zero-order chi connectivity index (χ0) is 17.5. The minimum Gasteiger partial charge on any atom is -0.472 e. The minimum atomic E-state index is 0. The topological polar surface area (TPSA) is 81.8 Å². The van der Waals surface area contributed by atoms with Crippen LogP contribution in [0.25, 0.3) is 0 Å². The molecule has 1 saturated heterocycles. The third-order valence-corrected chi connectivity index (χ3v) is 4.04. The van der Waals surface area contributed by atoms with Crippen LogP contribution in [0.3, 0.4) is 0 Å². The van der Waals surface area contributed by atoms with E-state index >= 15 is 0 Å². The van der Waals surface area contributed by atoms with Gasteiger partial charge in [-0.1, -0.05) is 19.1 Å². The molecule has 3 N–H and O–H groups in total. The van der Waals surface area contributed by atoms with Gasteiger partial charge in [0.25, 0.3) is 0 Å². The third-order valence-electron chi connectivity index (χ3n) is 4.04. The van der Waals surface area contributed by atoms with Gasteiger partial charge in [0.05, 0.1) is 19.8 Å². The van der Waals surface area contributed by atoms with Gasteiger partial charge < -0.3 is 20.5 Å². The number of nitrogens with zero attached hydrogens (tertiary/aromatic N) is 2. The highest BCUT2D eigenvalue weighted by molar-refractivity contribution is 14.0. The first-order chi connectivity index (χ1) is 12.2. The van der Waals surface area contributed by atoms with Crippen LogP contribution >= 0.6 is 24.0 Å². The van der Waals surface area contributed by atoms with Crippen molar-refractivity contribution in [2.45, 2.75) is 32.4 Å². The Morgan fingerprint density at radius 3 is 2.81 bits per heavy atom. The Bertz CT molecular complexity index is 716. The number of ether oxygens (including phenoxy) is 2. The highest BCUT2D eigenvalue weighted by Gasteiger charge is 2.17. The van der Waals surface area contributed by atoms with Crippen LogP contribution in [0.2, 0.25) is 0 Å². The summed E-state index contributed by atoms with van der Waals surface area (Å²) in [4.78, 5) is 8.62. The monoisotopic (exact) mass is 468 g/mol. The van der Waals surface area contributed by atoms with Crippen molar-refractivity contribution in [1.82, 2.24) is 4.98 Å². The molecule has 2 aromatic rings. The summed E-state index contributed by atoms with van der Waals surface area (Å²) in [6.07, 6.45) is 3.73. The van der Waals surface area contributed by atoms with Gasteiger partial charge in [-0.05, 0) is 35.7 Å². The van der Waals surface area contributed by atoms with Crippen LogP contribution in [-0.2, 0) is 17.7 Å². The fraction of sp³-hybridized carbons (Fsp3) is 0.368. The molecule has 0 bridgehead atoms. The van der Waals surface area contributed by atoms with E-state index in [1.54, 1.807) is 6.20 Å². The number of anilines is 1. The predicted molar refractivity (Wildman–Crippen MR) is 114 cm³/mol. The molecule has 0 aliphatic carbocycles. The molecule has 26 heavy (non-hydrogen) atoms. The summed E-state index contributed by atoms with van der Waals surface area (Å²) in [7, 11) is 0. The van der Waals surface area contributed by atoms with E-state index in [2.05, 4.69) is 34.3 Å². The number of benzene rings is 1. The second-order valence-electron chi connectivity index (χ2n) is 5.98. The number of guanidine groups is 1. The Morgan fingerprint density at radius 1 is 1.31 bits per heavy atom. The Hall–Kier alpha value is -1.87. The van der Waals surface area contributed by atoms with Gasteiger partial charge >= 0.3 is 0 Å². The normalized spacial score (nSPS) is 16.8. The van der Waals surface area contributed by atoms with E-state index in [4.69, 9.17) is 15.2 Å². The molecule has 1 aliphatic heterocycles. The maximum Gasteiger partial charge on any atom is 0.213 e. The lowest BCUT2D eigenvalue weighted by Gasteiger charge is -2.11. The molecule has 1 aliphatic rings. The summed E-state index contributed by atoms with van der Waals surface area (Å²) in [5.41, 5.74) is 9.18. The summed E-state index contributed by atoms with van der Waals surface area (Å²) < 4.78 is 11.1. The number of pyridine rings is 1. The van der Waals surface area contributed by atoms with Gasteiger partial charge in [0.1, 0.15) is 6.10 Å². The van der Waals surface area contributed by atoms with Crippen molar-refractivity contribution in [3.8, 4) is 5.88 Å². The lowest BCUT2D eigenvalue weighted by Crippen LogP contribution is -2.22. The average molecular weight is 468 g/mol. The standard InChI is InChI=1S/C19H24N4O2.HI/c1-2-14-3-5-16(6-4-14)23-19(20)22-12-15-7-9-21-18(11-15)25-17-8-10-24-13-17;/h3-7,9,11,17H,2,8,10,12-13H2,1H3,(H3,20,22,23);1H. The Morgan fingerprint density at radius 2 is 2.12 bits per heavy atom. The molecule has 7 heteroatoms. The highest BCUT2D eigenvalue weighted by atomic mass is 127. The van der Waals surface area contributed by atoms with Gasteiger partial charge in [-0.25, -0.2) is 9.98 Å². The van der Waals surface area contributed by atoms with Crippen LogP contribution in [-0.4, -0.2) is 30.3 Å². The van der Waals surface area contributed by atoms with Crippen molar-refractivity contribution in [3.05, 3.63) is 53.7 Å². The molecular weight excluding hydrogens is 443 g/mol. The second-order valence-corrected chi connectivity index (χ2v) is 5.98. The molecule has 0 amide bonds. The van der Waals surface area contributed by atoms with E-state index in [1.807, 2.05) is 24.3 Å². The van der Waals surface area contributed by atoms with E-state index in [9.17, 15) is 0 Å². The molecule has 0 radical (unpaired) electrons. The van der Waals surface area contributed by atoms with Crippen LogP contribution < -0.4 is 15.8 Å². The van der Waals surface area contributed by atoms with Gasteiger partial charge in [0.2, 0.25) is 5.88 Å². The molecule has 140 valence electrons. The first-order valence-corrected chi connectivity index (χ1v) is 8.58. The molecule has 1 unspecified atom stereocenters. The molecule has 1 atom stereocenters. The Kier molecular flexibility index (Phi) is 8.11. The third kappa shape index (κ3) is 6.14. The van der Waals surface area contributed by atoms with Crippen molar-refractivity contribution in [2.24, 2.45) is 10.7 Å². The summed E-state index contributed by atoms with van der Waals surface area (Å²) >= 11 is 0. The lowest BCUT2D eigenvalue weighted by atomic mass is 10.1. The van der Waals surface area contributed by atoms with E-state index in [0.29, 0.717) is 25.0 Å². The van der Waals surface area contributed by atoms with Gasteiger partial charge in [-0.3, -0.25) is 0 Å². The maximum absolute atomic E-state index is 5.97. The number of nitrogens with one attached hydrogen (secondary N) is 1. The largest absolute Gasteiger partial charge is 0.472 e. The molecule has 1 aromatic carbocycles. The van der Waals surface area contributed by atoms with Crippen LogP contribution in [0.4, 0.5) is 5.69 Å². The Balaban J connectivity index is 0.00000243. The fourth-order valence-corrected chi connectivity index (χ4v) is 2.58. The number of hydrogen-bond donors (Lipinski definition) is 2. The first kappa shape index (κ1) is 20.4. The van der Waals surface area contributed by atoms with Crippen LogP contribution in [0.1, 0.15) is 24.5 Å². The molecule has 3 rings (SSSR count). The second kappa shape index (κ2) is 10.3. The SMILES string of the molecule is CCc1ccc(NC(N)=NCc2ccnc(OC3CCOC3)c2)cc1.I. The van der Waals surface area contributed by atoms with E-state index in [1.165, 1.54) is 5.56 Å². The van der Waals surface area contributed by atoms with Gasteiger partial charge in [-0.2, -0.15) is 0 Å². The summed E-state index contributed by atoms with van der Waals surface area (Å²) in [5.74, 6) is 0.984. The lowest BCUT2D eigenvalue weighted by molar-refractivity contribution is 0.138. The molecule has 0 saturated carbocycles. The van der Waals surface area contributed by atoms with Crippen molar-refractivity contribution in [3.63, 3.8) is 0 Å². The molecule has 0 spiro atoms. The predicted octanol–water partition coefficient (Wildman–Crippen LogP) is 3.36. The average Bonchev–Trinajstić information content (AvgIpc) is 3.14. The van der Waals surface area contributed by atoms with Crippen molar-refractivity contribution >= 4 is 35.6 Å². The van der Waals surface area contributed by atoms with E-state index < -0.39 is 0 Å². The van der Waals surface area contributed by atoms with Crippen LogP contribution in [0.15, 0.2) is 47.6 Å². The number of aromatic nitrogens is 1. The van der Waals surface area contributed by atoms with E-state index in [0.717, 1.165) is 30.7 Å². The molecule has 6 nitrogen and oxygen atoms in total. The van der Waals surface area contributed by atoms with Gasteiger partial charge in [-0.15, -0.1) is 24.0 Å². The fourth-order valence-electron chi connectivity index (χ4n) is 2.58. The number of halogens is 1. The summed E-state index contributed by atoms with van der Waals surface area (Å²) in [6, 6.07) is 12.0. The molecule has 1 fully saturated rings. The first-order valence-electron chi connectivity index (χ1n) is 8.58. The van der Waals surface area contributed by atoms with Crippen LogP contribution in [0, 0.1) is 0 Å². The van der Waals surface area contributed by atoms with Gasteiger partial charge in [0, 0.05) is 24.4 Å². The highest BCUT2D eigenvalue weighted by Crippen LogP contribution is 2.16. The quantitative estimate of drug-likeness (QED) is 0.386. The van der Waals surface area contributed by atoms with Crippen LogP contribution in [0.5, 0.6) is 5.88 Å². The van der Waals surface area contributed by atoms with Gasteiger partial charge in [0.15, 0.2) is 5.96 Å². The number of hydrogen-bond acceptors (Lipinski definition) is 4. The molecule has 1 aromatic heterocycles. The molecular formula is C19H25IN4O2. The molecule has 2 heterocycles. The Labute approximate surface area is 171 Å². The van der Waals surface area contributed by atoms with Crippen molar-refractivity contribution in [1.29, 1.82) is 0 Å². The number of rotatable bonds is 6. The maximum atomic E-state index is 5.97.